The molecule has 8 heteroatoms. The third kappa shape index (κ3) is 3.52. The van der Waals surface area contributed by atoms with Gasteiger partial charge in [-0.2, -0.15) is 15.0 Å². The van der Waals surface area contributed by atoms with Gasteiger partial charge >= 0.3 is 0 Å². The van der Waals surface area contributed by atoms with Crippen LogP contribution in [0.4, 0.5) is 17.6 Å². The number of hydrogen-bond donors (Lipinski definition) is 2. The van der Waals surface area contributed by atoms with Gasteiger partial charge in [0.1, 0.15) is 0 Å². The molecule has 0 amide bonds. The summed E-state index contributed by atoms with van der Waals surface area (Å²) in [6.45, 7) is 4.06. The number of aryl methyl sites for hydroxylation is 2. The highest BCUT2D eigenvalue weighted by atomic mass is 16.1. The number of nitrogens with one attached hydrogen (secondary N) is 1. The van der Waals surface area contributed by atoms with Crippen molar-refractivity contribution in [2.45, 2.75) is 20.4 Å². The maximum atomic E-state index is 12.8. The topological polar surface area (TPSA) is 112 Å². The van der Waals surface area contributed by atoms with Gasteiger partial charge in [-0.1, -0.05) is 29.8 Å². The van der Waals surface area contributed by atoms with E-state index in [9.17, 15) is 4.79 Å². The Morgan fingerprint density at radius 3 is 2.71 bits per heavy atom. The van der Waals surface area contributed by atoms with E-state index < -0.39 is 0 Å². The van der Waals surface area contributed by atoms with E-state index >= 15 is 0 Å². The molecule has 0 aliphatic carbocycles. The van der Waals surface area contributed by atoms with Crippen LogP contribution in [0.5, 0.6) is 0 Å². The summed E-state index contributed by atoms with van der Waals surface area (Å²) in [5.74, 6) is 0.785. The van der Waals surface area contributed by atoms with Gasteiger partial charge in [-0.25, -0.2) is 4.98 Å². The van der Waals surface area contributed by atoms with Crippen molar-refractivity contribution < 1.29 is 0 Å². The Kier molecular flexibility index (Phi) is 4.44. The Morgan fingerprint density at radius 2 is 1.89 bits per heavy atom. The molecule has 2 heterocycles. The number of nitrogens with zero attached hydrogens (tertiary/aromatic N) is 5. The maximum absolute atomic E-state index is 12.8. The van der Waals surface area contributed by atoms with Gasteiger partial charge in [-0.3, -0.25) is 9.36 Å². The zero-order valence-electron chi connectivity index (χ0n) is 15.5. The van der Waals surface area contributed by atoms with E-state index in [1.54, 1.807) is 0 Å². The third-order valence-electron chi connectivity index (χ3n) is 4.38. The molecule has 0 aliphatic heterocycles. The summed E-state index contributed by atoms with van der Waals surface area (Å²) in [5.41, 5.74) is 9.27. The van der Waals surface area contributed by atoms with Gasteiger partial charge in [0.05, 0.1) is 23.8 Å². The Morgan fingerprint density at radius 1 is 1.07 bits per heavy atom. The highest BCUT2D eigenvalue weighted by Crippen LogP contribution is 2.18. The maximum Gasteiger partial charge on any atom is 0.261 e. The zero-order valence-corrected chi connectivity index (χ0v) is 15.5. The smallest absolute Gasteiger partial charge is 0.261 e. The molecular weight excluding hydrogens is 354 g/mol. The van der Waals surface area contributed by atoms with Crippen LogP contribution < -0.4 is 16.6 Å². The van der Waals surface area contributed by atoms with Crippen LogP contribution in [0.3, 0.4) is 0 Å². The van der Waals surface area contributed by atoms with Crippen molar-refractivity contribution in [3.05, 3.63) is 76.1 Å². The summed E-state index contributed by atoms with van der Waals surface area (Å²) < 4.78 is 1.47. The molecular formula is C20H19N7O. The van der Waals surface area contributed by atoms with Gasteiger partial charge in [0, 0.05) is 5.69 Å². The van der Waals surface area contributed by atoms with Crippen molar-refractivity contribution in [3.63, 3.8) is 0 Å². The number of para-hydroxylation sites is 1. The number of rotatable bonds is 4. The predicted octanol–water partition coefficient (Wildman–Crippen LogP) is 2.57. The predicted molar refractivity (Wildman–Crippen MR) is 109 cm³/mol. The average Bonchev–Trinajstić information content (AvgIpc) is 2.66. The van der Waals surface area contributed by atoms with Crippen molar-refractivity contribution in [2.24, 2.45) is 0 Å². The first-order valence-electron chi connectivity index (χ1n) is 8.78. The number of fused-ring (bicyclic) bond motifs is 1. The molecule has 140 valence electrons. The SMILES string of the molecule is Cc1ccc2ncn(Cc3nc(N)nc(Nc4ccccc4C)n3)c(=O)c2c1. The quantitative estimate of drug-likeness (QED) is 0.565. The number of nitrogen functional groups attached to an aromatic ring is 1. The normalized spacial score (nSPS) is 10.9. The molecule has 4 rings (SSSR count). The van der Waals surface area contributed by atoms with Crippen LogP contribution in [0, 0.1) is 13.8 Å². The number of benzene rings is 2. The number of aromatic nitrogens is 5. The molecule has 4 aromatic rings. The molecule has 0 saturated carbocycles. The number of hydrogen-bond acceptors (Lipinski definition) is 7. The summed E-state index contributed by atoms with van der Waals surface area (Å²) in [4.78, 5) is 29.8. The van der Waals surface area contributed by atoms with Gasteiger partial charge in [0.2, 0.25) is 11.9 Å². The summed E-state index contributed by atoms with van der Waals surface area (Å²) in [6, 6.07) is 13.4. The van der Waals surface area contributed by atoms with Gasteiger partial charge in [-0.05, 0) is 37.6 Å². The van der Waals surface area contributed by atoms with Gasteiger partial charge < -0.3 is 11.1 Å². The highest BCUT2D eigenvalue weighted by Gasteiger charge is 2.10. The van der Waals surface area contributed by atoms with Crippen LogP contribution in [0.25, 0.3) is 10.9 Å². The molecule has 0 atom stereocenters. The molecule has 8 nitrogen and oxygen atoms in total. The standard InChI is InChI=1S/C20H19N7O/c1-12-7-8-16-14(9-12)18(28)27(11-22-16)10-17-24-19(21)26-20(25-17)23-15-6-4-3-5-13(15)2/h3-9,11H,10H2,1-2H3,(H3,21,23,24,25,26). The molecule has 0 saturated heterocycles. The molecule has 28 heavy (non-hydrogen) atoms. The van der Waals surface area contributed by atoms with Gasteiger partial charge in [0.25, 0.3) is 5.56 Å². The molecule has 0 bridgehead atoms. The lowest BCUT2D eigenvalue weighted by atomic mass is 10.2. The third-order valence-corrected chi connectivity index (χ3v) is 4.38. The fourth-order valence-corrected chi connectivity index (χ4v) is 2.94. The lowest BCUT2D eigenvalue weighted by Gasteiger charge is -2.10. The fraction of sp³-hybridized carbons (Fsp3) is 0.150. The second kappa shape index (κ2) is 7.07. The fourth-order valence-electron chi connectivity index (χ4n) is 2.94. The largest absolute Gasteiger partial charge is 0.368 e. The van der Waals surface area contributed by atoms with Gasteiger partial charge in [-0.15, -0.1) is 0 Å². The van der Waals surface area contributed by atoms with Crippen LogP contribution in [0.2, 0.25) is 0 Å². The molecule has 2 aromatic heterocycles. The van der Waals surface area contributed by atoms with Crippen molar-refractivity contribution in [2.75, 3.05) is 11.1 Å². The lowest BCUT2D eigenvalue weighted by molar-refractivity contribution is 0.704. The number of nitrogens with two attached hydrogens (primary N) is 1. The van der Waals surface area contributed by atoms with Crippen molar-refractivity contribution in [1.82, 2.24) is 24.5 Å². The molecule has 3 N–H and O–H groups in total. The second-order valence-corrected chi connectivity index (χ2v) is 6.57. The first-order valence-corrected chi connectivity index (χ1v) is 8.78. The monoisotopic (exact) mass is 373 g/mol. The second-order valence-electron chi connectivity index (χ2n) is 6.57. The molecule has 0 spiro atoms. The average molecular weight is 373 g/mol. The minimum atomic E-state index is -0.152. The highest BCUT2D eigenvalue weighted by molar-refractivity contribution is 5.77. The minimum absolute atomic E-state index is 0.0822. The summed E-state index contributed by atoms with van der Waals surface area (Å²) in [6.07, 6.45) is 1.49. The Hall–Kier alpha value is -3.81. The van der Waals surface area contributed by atoms with Crippen molar-refractivity contribution in [3.8, 4) is 0 Å². The molecule has 0 fully saturated rings. The van der Waals surface area contributed by atoms with E-state index in [1.165, 1.54) is 10.9 Å². The van der Waals surface area contributed by atoms with Crippen LogP contribution in [-0.4, -0.2) is 24.5 Å². The van der Waals surface area contributed by atoms with E-state index in [-0.39, 0.29) is 18.1 Å². The Labute approximate surface area is 161 Å². The summed E-state index contributed by atoms with van der Waals surface area (Å²) >= 11 is 0. The molecule has 0 aliphatic rings. The lowest BCUT2D eigenvalue weighted by Crippen LogP contribution is -2.23. The van der Waals surface area contributed by atoms with E-state index in [0.717, 1.165) is 16.8 Å². The first-order chi connectivity index (χ1) is 13.5. The molecule has 2 aromatic carbocycles. The van der Waals surface area contributed by atoms with Crippen LogP contribution >= 0.6 is 0 Å². The summed E-state index contributed by atoms with van der Waals surface area (Å²) in [7, 11) is 0. The summed E-state index contributed by atoms with van der Waals surface area (Å²) in [5, 5.41) is 3.70. The Balaban J connectivity index is 1.68. The van der Waals surface area contributed by atoms with Crippen molar-refractivity contribution in [1.29, 1.82) is 0 Å². The van der Waals surface area contributed by atoms with Gasteiger partial charge in [0.15, 0.2) is 5.82 Å². The van der Waals surface area contributed by atoms with Crippen LogP contribution in [0.15, 0.2) is 53.6 Å². The van der Waals surface area contributed by atoms with Crippen molar-refractivity contribution >= 4 is 28.5 Å². The van der Waals surface area contributed by atoms with Crippen LogP contribution in [-0.2, 0) is 6.54 Å². The van der Waals surface area contributed by atoms with E-state index in [2.05, 4.69) is 25.3 Å². The zero-order chi connectivity index (χ0) is 19.7. The van der Waals surface area contributed by atoms with E-state index in [0.29, 0.717) is 22.7 Å². The Bertz CT molecular complexity index is 1230. The minimum Gasteiger partial charge on any atom is -0.368 e. The van der Waals surface area contributed by atoms with Crippen LogP contribution in [0.1, 0.15) is 17.0 Å². The molecule has 0 radical (unpaired) electrons. The first kappa shape index (κ1) is 17.6. The van der Waals surface area contributed by atoms with E-state index in [4.69, 9.17) is 5.73 Å². The molecule has 0 unspecified atom stereocenters. The van der Waals surface area contributed by atoms with E-state index in [1.807, 2.05) is 56.3 Å². The number of anilines is 3.